The molecular weight excluding hydrogens is 294 g/mol. The summed E-state index contributed by atoms with van der Waals surface area (Å²) in [6, 6.07) is 8.81. The van der Waals surface area contributed by atoms with Crippen molar-refractivity contribution < 1.29 is 0 Å². The minimum Gasteiger partial charge on any atom is -0.317 e. The minimum absolute atomic E-state index is 0.485. The van der Waals surface area contributed by atoms with E-state index in [9.17, 15) is 0 Å². The summed E-state index contributed by atoms with van der Waals surface area (Å²) >= 11 is 5.99. The maximum Gasteiger partial charge on any atom is 0.0406 e. The van der Waals surface area contributed by atoms with Crippen LogP contribution in [0.15, 0.2) is 24.3 Å². The average Bonchev–Trinajstić information content (AvgIpc) is 2.57. The Morgan fingerprint density at radius 2 is 1.73 bits per heavy atom. The Labute approximate surface area is 139 Å². The number of benzene rings is 1. The van der Waals surface area contributed by atoms with E-state index in [-0.39, 0.29) is 0 Å². The summed E-state index contributed by atoms with van der Waals surface area (Å²) in [5.41, 5.74) is 1.37. The second kappa shape index (κ2) is 7.78. The van der Waals surface area contributed by atoms with Crippen molar-refractivity contribution >= 4 is 11.6 Å². The first-order chi connectivity index (χ1) is 10.7. The predicted octanol–water partition coefficient (Wildman–Crippen LogP) is 3.02. The fraction of sp³-hybridized carbons (Fsp3) is 0.667. The van der Waals surface area contributed by atoms with Gasteiger partial charge in [-0.15, -0.1) is 0 Å². The van der Waals surface area contributed by atoms with E-state index in [2.05, 4.69) is 34.2 Å². The third-order valence-electron chi connectivity index (χ3n) is 5.28. The number of piperazine rings is 1. The van der Waals surface area contributed by atoms with Gasteiger partial charge in [-0.2, -0.15) is 0 Å². The Hall–Kier alpha value is -0.610. The first-order valence-electron chi connectivity index (χ1n) is 8.65. The first-order valence-corrected chi connectivity index (χ1v) is 9.03. The van der Waals surface area contributed by atoms with Gasteiger partial charge < -0.3 is 10.2 Å². The molecule has 2 aliphatic rings. The van der Waals surface area contributed by atoms with Crippen LogP contribution in [0.3, 0.4) is 0 Å². The van der Waals surface area contributed by atoms with Gasteiger partial charge >= 0.3 is 0 Å². The zero-order chi connectivity index (χ0) is 15.4. The zero-order valence-corrected chi connectivity index (χ0v) is 14.4. The van der Waals surface area contributed by atoms with Gasteiger partial charge in [0.15, 0.2) is 0 Å². The maximum atomic E-state index is 5.99. The summed E-state index contributed by atoms with van der Waals surface area (Å²) in [4.78, 5) is 5.27. The SMILES string of the molecule is CC(c1ccc(Cl)cc1)N1CCN(CC2CCNCC2)CC1. The Morgan fingerprint density at radius 3 is 2.36 bits per heavy atom. The summed E-state index contributed by atoms with van der Waals surface area (Å²) in [6.45, 7) is 10.8. The van der Waals surface area contributed by atoms with Gasteiger partial charge in [-0.25, -0.2) is 0 Å². The third kappa shape index (κ3) is 4.23. The Bertz CT molecular complexity index is 448. The molecule has 4 heteroatoms. The average molecular weight is 322 g/mol. The van der Waals surface area contributed by atoms with Crippen LogP contribution < -0.4 is 5.32 Å². The fourth-order valence-electron chi connectivity index (χ4n) is 3.71. The highest BCUT2D eigenvalue weighted by molar-refractivity contribution is 6.30. The maximum absolute atomic E-state index is 5.99. The Kier molecular flexibility index (Phi) is 5.75. The summed E-state index contributed by atoms with van der Waals surface area (Å²) in [7, 11) is 0. The van der Waals surface area contributed by atoms with E-state index in [0.29, 0.717) is 6.04 Å². The monoisotopic (exact) mass is 321 g/mol. The van der Waals surface area contributed by atoms with E-state index < -0.39 is 0 Å². The summed E-state index contributed by atoms with van der Waals surface area (Å²) < 4.78 is 0. The van der Waals surface area contributed by atoms with E-state index in [1.165, 1.54) is 64.2 Å². The molecule has 0 bridgehead atoms. The van der Waals surface area contributed by atoms with E-state index in [1.54, 1.807) is 0 Å². The molecule has 0 spiro atoms. The van der Waals surface area contributed by atoms with Crippen LogP contribution in [0.1, 0.15) is 31.4 Å². The number of nitrogens with zero attached hydrogens (tertiary/aromatic N) is 2. The normalized spacial score (nSPS) is 23.5. The minimum atomic E-state index is 0.485. The van der Waals surface area contributed by atoms with Crippen molar-refractivity contribution in [3.63, 3.8) is 0 Å². The number of piperidine rings is 1. The number of halogens is 1. The van der Waals surface area contributed by atoms with Crippen LogP contribution in [-0.4, -0.2) is 55.6 Å². The highest BCUT2D eigenvalue weighted by Crippen LogP contribution is 2.24. The lowest BCUT2D eigenvalue weighted by molar-refractivity contribution is 0.0869. The van der Waals surface area contributed by atoms with Gasteiger partial charge in [0.05, 0.1) is 0 Å². The van der Waals surface area contributed by atoms with Gasteiger partial charge in [0.1, 0.15) is 0 Å². The van der Waals surface area contributed by atoms with Gasteiger partial charge in [-0.3, -0.25) is 4.90 Å². The highest BCUT2D eigenvalue weighted by atomic mass is 35.5. The second-order valence-corrected chi connectivity index (χ2v) is 7.19. The van der Waals surface area contributed by atoms with Crippen molar-refractivity contribution in [2.75, 3.05) is 45.8 Å². The molecule has 2 fully saturated rings. The summed E-state index contributed by atoms with van der Waals surface area (Å²) in [5, 5.41) is 4.28. The Morgan fingerprint density at radius 1 is 1.09 bits per heavy atom. The van der Waals surface area contributed by atoms with Crippen molar-refractivity contribution in [2.24, 2.45) is 5.92 Å². The number of rotatable bonds is 4. The molecule has 0 aromatic heterocycles. The van der Waals surface area contributed by atoms with Crippen LogP contribution in [0.4, 0.5) is 0 Å². The molecule has 0 saturated carbocycles. The molecule has 1 aromatic carbocycles. The van der Waals surface area contributed by atoms with Crippen LogP contribution in [0.5, 0.6) is 0 Å². The van der Waals surface area contributed by atoms with Gasteiger partial charge in [0.2, 0.25) is 0 Å². The van der Waals surface area contributed by atoms with Gasteiger partial charge in [-0.1, -0.05) is 23.7 Å². The van der Waals surface area contributed by atoms with Crippen LogP contribution in [0.25, 0.3) is 0 Å². The molecular formula is C18H28ClN3. The van der Waals surface area contributed by atoms with E-state index in [1.807, 2.05) is 12.1 Å². The smallest absolute Gasteiger partial charge is 0.0406 e. The molecule has 0 aliphatic carbocycles. The van der Waals surface area contributed by atoms with E-state index in [4.69, 9.17) is 11.6 Å². The van der Waals surface area contributed by atoms with Gasteiger partial charge in [0.25, 0.3) is 0 Å². The van der Waals surface area contributed by atoms with Crippen molar-refractivity contribution in [1.82, 2.24) is 15.1 Å². The lowest BCUT2D eigenvalue weighted by Gasteiger charge is -2.40. The van der Waals surface area contributed by atoms with Crippen LogP contribution >= 0.6 is 11.6 Å². The highest BCUT2D eigenvalue weighted by Gasteiger charge is 2.24. The van der Waals surface area contributed by atoms with Crippen molar-refractivity contribution in [3.05, 3.63) is 34.9 Å². The molecule has 3 rings (SSSR count). The molecule has 1 aromatic rings. The molecule has 22 heavy (non-hydrogen) atoms. The predicted molar refractivity (Wildman–Crippen MR) is 93.5 cm³/mol. The fourth-order valence-corrected chi connectivity index (χ4v) is 3.84. The molecule has 1 N–H and O–H groups in total. The van der Waals surface area contributed by atoms with Crippen molar-refractivity contribution in [1.29, 1.82) is 0 Å². The standard InChI is InChI=1S/C18H28ClN3/c1-15(17-2-4-18(19)5-3-17)22-12-10-21(11-13-22)14-16-6-8-20-9-7-16/h2-5,15-16,20H,6-14H2,1H3. The molecule has 2 saturated heterocycles. The van der Waals surface area contributed by atoms with Crippen LogP contribution in [0.2, 0.25) is 5.02 Å². The second-order valence-electron chi connectivity index (χ2n) is 6.76. The summed E-state index contributed by atoms with van der Waals surface area (Å²) in [6.07, 6.45) is 2.70. The largest absolute Gasteiger partial charge is 0.317 e. The lowest BCUT2D eigenvalue weighted by atomic mass is 9.97. The third-order valence-corrected chi connectivity index (χ3v) is 5.53. The number of hydrogen-bond acceptors (Lipinski definition) is 3. The van der Waals surface area contributed by atoms with Crippen LogP contribution in [0, 0.1) is 5.92 Å². The summed E-state index contributed by atoms with van der Waals surface area (Å²) in [5.74, 6) is 0.904. The first kappa shape index (κ1) is 16.3. The van der Waals surface area contributed by atoms with Gasteiger partial charge in [0, 0.05) is 43.8 Å². The molecule has 2 aliphatic heterocycles. The van der Waals surface area contributed by atoms with E-state index in [0.717, 1.165) is 10.9 Å². The molecule has 3 nitrogen and oxygen atoms in total. The molecule has 0 amide bonds. The van der Waals surface area contributed by atoms with E-state index >= 15 is 0 Å². The molecule has 2 heterocycles. The quantitative estimate of drug-likeness (QED) is 0.919. The molecule has 0 radical (unpaired) electrons. The number of nitrogens with one attached hydrogen (secondary N) is 1. The van der Waals surface area contributed by atoms with Crippen molar-refractivity contribution in [2.45, 2.75) is 25.8 Å². The lowest BCUT2D eigenvalue weighted by Crippen LogP contribution is -2.49. The topological polar surface area (TPSA) is 18.5 Å². The molecule has 1 atom stereocenters. The molecule has 122 valence electrons. The number of hydrogen-bond donors (Lipinski definition) is 1. The van der Waals surface area contributed by atoms with Crippen molar-refractivity contribution in [3.8, 4) is 0 Å². The van der Waals surface area contributed by atoms with Gasteiger partial charge in [-0.05, 0) is 56.5 Å². The zero-order valence-electron chi connectivity index (χ0n) is 13.6. The molecule has 1 unspecified atom stereocenters. The van der Waals surface area contributed by atoms with Crippen LogP contribution in [-0.2, 0) is 0 Å². The Balaban J connectivity index is 1.47.